The Bertz CT molecular complexity index is 151. The van der Waals surface area contributed by atoms with Crippen molar-refractivity contribution in [2.75, 3.05) is 6.61 Å². The molecule has 1 N–H and O–H groups in total. The van der Waals surface area contributed by atoms with Crippen LogP contribution < -0.4 is 0 Å². The van der Waals surface area contributed by atoms with E-state index in [1.165, 1.54) is 0 Å². The molecule has 1 saturated heterocycles. The largest absolute Gasteiger partial charge is 0.394 e. The fourth-order valence-corrected chi connectivity index (χ4v) is 1.48. The first-order valence-electron chi connectivity index (χ1n) is 3.64. The average Bonchev–Trinajstić information content (AvgIpc) is 2.14. The van der Waals surface area contributed by atoms with Crippen molar-refractivity contribution in [3.05, 3.63) is 0 Å². The Labute approximate surface area is 70.3 Å². The Morgan fingerprint density at radius 3 is 2.36 bits per heavy atom. The van der Waals surface area contributed by atoms with Gasteiger partial charge in [0.1, 0.15) is 6.10 Å². The zero-order valence-electron chi connectivity index (χ0n) is 6.55. The number of halogens is 2. The van der Waals surface area contributed by atoms with Gasteiger partial charge in [0, 0.05) is 5.92 Å². The van der Waals surface area contributed by atoms with Gasteiger partial charge in [-0.05, 0) is 6.92 Å². The molecule has 1 heterocycles. The first-order chi connectivity index (χ1) is 5.00. The molecule has 0 aromatic heterocycles. The molecule has 4 atom stereocenters. The van der Waals surface area contributed by atoms with Gasteiger partial charge in [-0.15, -0.1) is 0 Å². The molecule has 1 fully saturated rings. The van der Waals surface area contributed by atoms with Crippen LogP contribution in [0.4, 0.5) is 4.39 Å². The van der Waals surface area contributed by atoms with Gasteiger partial charge in [-0.1, -0.05) is 18.5 Å². The van der Waals surface area contributed by atoms with E-state index < -0.39 is 23.3 Å². The summed E-state index contributed by atoms with van der Waals surface area (Å²) in [7, 11) is 0. The summed E-state index contributed by atoms with van der Waals surface area (Å²) in [6.07, 6.45) is -1.11. The lowest BCUT2D eigenvalue weighted by atomic mass is 10.00. The highest BCUT2D eigenvalue weighted by Crippen LogP contribution is 2.42. The second kappa shape index (κ2) is 2.88. The van der Waals surface area contributed by atoms with E-state index in [-0.39, 0.29) is 6.61 Å². The maximum Gasteiger partial charge on any atom is 0.214 e. The maximum atomic E-state index is 13.4. The Morgan fingerprint density at radius 1 is 1.64 bits per heavy atom. The molecule has 1 rings (SSSR count). The van der Waals surface area contributed by atoms with Crippen LogP contribution >= 0.6 is 11.6 Å². The molecule has 2 nitrogen and oxygen atoms in total. The number of aliphatic hydroxyl groups excluding tert-OH is 1. The molecule has 0 unspecified atom stereocenters. The summed E-state index contributed by atoms with van der Waals surface area (Å²) in [5, 5.41) is 6.91. The van der Waals surface area contributed by atoms with E-state index >= 15 is 0 Å². The normalized spacial score (nSPS) is 51.5. The van der Waals surface area contributed by atoms with E-state index in [1.807, 2.05) is 0 Å². The fourth-order valence-electron chi connectivity index (χ4n) is 1.29. The van der Waals surface area contributed by atoms with Crippen molar-refractivity contribution in [3.8, 4) is 0 Å². The molecular formula is C7H12ClFO2. The maximum absolute atomic E-state index is 13.4. The summed E-state index contributed by atoms with van der Waals surface area (Å²) in [5.41, 5.74) is 0. The van der Waals surface area contributed by atoms with Gasteiger partial charge in [0.05, 0.1) is 12.7 Å². The van der Waals surface area contributed by atoms with Crippen LogP contribution in [-0.4, -0.2) is 29.0 Å². The highest BCUT2D eigenvalue weighted by atomic mass is 35.5. The van der Waals surface area contributed by atoms with Crippen LogP contribution in [0.25, 0.3) is 0 Å². The molecule has 0 spiro atoms. The standard InChI is InChI=1S/C7H12ClFO2/c1-4-6(3-10)11-5(2)7(4,8)9/h4-6,10H,3H2,1-2H3/t4-,5+,6-,7-/m1/s1. The molecule has 1 aliphatic rings. The van der Waals surface area contributed by atoms with Crippen molar-refractivity contribution in [3.63, 3.8) is 0 Å². The average molecular weight is 183 g/mol. The van der Waals surface area contributed by atoms with Crippen LogP contribution in [0.3, 0.4) is 0 Å². The first-order valence-corrected chi connectivity index (χ1v) is 4.02. The van der Waals surface area contributed by atoms with Crippen LogP contribution in [0.15, 0.2) is 0 Å². The predicted molar refractivity (Wildman–Crippen MR) is 40.3 cm³/mol. The fraction of sp³-hybridized carbons (Fsp3) is 1.00. The molecule has 0 aromatic carbocycles. The minimum Gasteiger partial charge on any atom is -0.394 e. The Morgan fingerprint density at radius 2 is 2.18 bits per heavy atom. The Balaban J connectivity index is 2.71. The van der Waals surface area contributed by atoms with E-state index in [9.17, 15) is 4.39 Å². The van der Waals surface area contributed by atoms with Gasteiger partial charge in [-0.25, -0.2) is 4.39 Å². The molecule has 0 bridgehead atoms. The highest BCUT2D eigenvalue weighted by Gasteiger charge is 2.51. The van der Waals surface area contributed by atoms with Crippen molar-refractivity contribution < 1.29 is 14.2 Å². The monoisotopic (exact) mass is 182 g/mol. The van der Waals surface area contributed by atoms with E-state index in [4.69, 9.17) is 21.4 Å². The summed E-state index contributed by atoms with van der Waals surface area (Å²) < 4.78 is 18.4. The van der Waals surface area contributed by atoms with Crippen LogP contribution in [0.5, 0.6) is 0 Å². The number of rotatable bonds is 1. The molecule has 4 heteroatoms. The smallest absolute Gasteiger partial charge is 0.214 e. The van der Waals surface area contributed by atoms with Crippen molar-refractivity contribution in [2.45, 2.75) is 31.2 Å². The lowest BCUT2D eigenvalue weighted by Gasteiger charge is -2.18. The van der Waals surface area contributed by atoms with E-state index in [0.717, 1.165) is 0 Å². The third-order valence-electron chi connectivity index (χ3n) is 2.27. The summed E-state index contributed by atoms with van der Waals surface area (Å²) in [4.78, 5) is 0. The van der Waals surface area contributed by atoms with Crippen molar-refractivity contribution in [1.29, 1.82) is 0 Å². The van der Waals surface area contributed by atoms with Crippen molar-refractivity contribution >= 4 is 11.6 Å². The lowest BCUT2D eigenvalue weighted by molar-refractivity contribution is 0.00195. The minimum absolute atomic E-state index is 0.177. The zero-order chi connectivity index (χ0) is 8.65. The van der Waals surface area contributed by atoms with Gasteiger partial charge in [-0.2, -0.15) is 0 Å². The van der Waals surface area contributed by atoms with Gasteiger partial charge in [0.25, 0.3) is 0 Å². The zero-order valence-corrected chi connectivity index (χ0v) is 7.31. The second-order valence-electron chi connectivity index (χ2n) is 2.96. The molecule has 0 amide bonds. The number of alkyl halides is 2. The van der Waals surface area contributed by atoms with Gasteiger partial charge in [0.2, 0.25) is 5.13 Å². The molecule has 11 heavy (non-hydrogen) atoms. The SMILES string of the molecule is C[C@@H]1O[C@H](CO)[C@@H](C)[C@]1(F)Cl. The first kappa shape index (κ1) is 9.23. The number of hydrogen-bond acceptors (Lipinski definition) is 2. The quantitative estimate of drug-likeness (QED) is 0.620. The van der Waals surface area contributed by atoms with Crippen molar-refractivity contribution in [2.24, 2.45) is 5.92 Å². The summed E-state index contributed by atoms with van der Waals surface area (Å²) in [6, 6.07) is 0. The third kappa shape index (κ3) is 1.37. The van der Waals surface area contributed by atoms with E-state index in [1.54, 1.807) is 13.8 Å². The molecule has 0 aromatic rings. The van der Waals surface area contributed by atoms with E-state index in [0.29, 0.717) is 0 Å². The third-order valence-corrected chi connectivity index (χ3v) is 2.92. The van der Waals surface area contributed by atoms with Gasteiger partial charge < -0.3 is 9.84 Å². The van der Waals surface area contributed by atoms with Crippen LogP contribution in [-0.2, 0) is 4.74 Å². The molecule has 0 saturated carbocycles. The van der Waals surface area contributed by atoms with Crippen molar-refractivity contribution in [1.82, 2.24) is 0 Å². The second-order valence-corrected chi connectivity index (χ2v) is 3.54. The summed E-state index contributed by atoms with van der Waals surface area (Å²) in [6.45, 7) is 3.03. The molecule has 0 aliphatic carbocycles. The lowest BCUT2D eigenvalue weighted by Crippen LogP contribution is -2.31. The van der Waals surface area contributed by atoms with Crippen LogP contribution in [0.1, 0.15) is 13.8 Å². The van der Waals surface area contributed by atoms with Gasteiger partial charge >= 0.3 is 0 Å². The minimum atomic E-state index is -1.83. The Kier molecular flexibility index (Phi) is 2.42. The highest BCUT2D eigenvalue weighted by molar-refractivity contribution is 6.23. The predicted octanol–water partition coefficient (Wildman–Crippen LogP) is 1.31. The molecule has 1 aliphatic heterocycles. The van der Waals surface area contributed by atoms with E-state index in [2.05, 4.69) is 0 Å². The topological polar surface area (TPSA) is 29.5 Å². The Hall–Kier alpha value is 0.140. The number of hydrogen-bond donors (Lipinski definition) is 1. The number of aliphatic hydroxyl groups is 1. The van der Waals surface area contributed by atoms with Gasteiger partial charge in [-0.3, -0.25) is 0 Å². The molecule has 0 radical (unpaired) electrons. The molecular weight excluding hydrogens is 171 g/mol. The van der Waals surface area contributed by atoms with Crippen LogP contribution in [0.2, 0.25) is 0 Å². The van der Waals surface area contributed by atoms with Gasteiger partial charge in [0.15, 0.2) is 0 Å². The summed E-state index contributed by atoms with van der Waals surface area (Å²) >= 11 is 5.54. The van der Waals surface area contributed by atoms with Crippen LogP contribution in [0, 0.1) is 5.92 Å². The molecule has 66 valence electrons. The number of ether oxygens (including phenoxy) is 1. The summed E-state index contributed by atoms with van der Waals surface area (Å²) in [5.74, 6) is -0.454.